The molecule has 3 fully saturated rings. The SMILES string of the molecule is CC(C)(C)c1ccc(-c2cccc(-c3ccc(C(C)(C)C)cc3)c2N2C3=CC4Sc5cc(N(c6ccc(-c7ccccc7)cc6)C6CCCC(c7ccccc7)C6)cc6c5B(c5ccccc5O6)C4C=C3B3C4C=CCCC4N(c4ccccc4)C4=CC(N(c5ccccc5)c5ccccc5)CC2C34)cc1. The molecule has 1 saturated carbocycles. The molecule has 4 aliphatic carbocycles. The number of hydrogen-bond donors (Lipinski definition) is 0. The van der Waals surface area contributed by atoms with E-state index in [4.69, 9.17) is 4.74 Å². The van der Waals surface area contributed by atoms with Crippen molar-refractivity contribution in [3.8, 4) is 44.9 Å². The summed E-state index contributed by atoms with van der Waals surface area (Å²) < 4.78 is 7.47. The molecule has 0 spiro atoms. The van der Waals surface area contributed by atoms with E-state index in [-0.39, 0.29) is 71.1 Å². The highest BCUT2D eigenvalue weighted by molar-refractivity contribution is 8.00. The average Bonchev–Trinajstić information content (AvgIpc) is 0.686. The van der Waals surface area contributed by atoms with Gasteiger partial charge in [0.25, 0.3) is 0 Å². The Morgan fingerprint density at radius 2 is 1.06 bits per heavy atom. The monoisotopic (exact) mass is 1390 g/mol. The molecule has 8 aliphatic rings. The fraction of sp³-hybridized carbons (Fsp3) is 0.245. The Morgan fingerprint density at radius 3 is 1.71 bits per heavy atom. The Hall–Kier alpha value is -10.1. The van der Waals surface area contributed by atoms with Crippen molar-refractivity contribution in [3.63, 3.8) is 0 Å². The van der Waals surface area contributed by atoms with Crippen LogP contribution in [0, 0.1) is 0 Å². The van der Waals surface area contributed by atoms with Crippen molar-refractivity contribution in [2.45, 2.75) is 155 Å². The van der Waals surface area contributed by atoms with Gasteiger partial charge in [-0.15, -0.1) is 11.8 Å². The summed E-state index contributed by atoms with van der Waals surface area (Å²) in [5.74, 6) is 2.88. The minimum absolute atomic E-state index is 0.00473. The second-order valence-electron chi connectivity index (χ2n) is 33.2. The highest BCUT2D eigenvalue weighted by Crippen LogP contribution is 2.63. The van der Waals surface area contributed by atoms with E-state index >= 15 is 0 Å². The van der Waals surface area contributed by atoms with E-state index < -0.39 is 0 Å². The maximum Gasteiger partial charge on any atom is 0.228 e. The van der Waals surface area contributed by atoms with Crippen molar-refractivity contribution in [3.05, 3.63) is 343 Å². The number of benzene rings is 11. The second-order valence-corrected chi connectivity index (χ2v) is 34.4. The van der Waals surface area contributed by atoms with Crippen LogP contribution in [-0.2, 0) is 10.8 Å². The lowest BCUT2D eigenvalue weighted by Gasteiger charge is -2.62. The first-order valence-corrected chi connectivity index (χ1v) is 40.0. The van der Waals surface area contributed by atoms with Gasteiger partial charge in [0.2, 0.25) is 6.71 Å². The molecule has 19 rings (SSSR count). The van der Waals surface area contributed by atoms with Crippen LogP contribution in [0.3, 0.4) is 0 Å². The van der Waals surface area contributed by atoms with Crippen LogP contribution in [0.5, 0.6) is 11.5 Å². The molecule has 106 heavy (non-hydrogen) atoms. The molecule has 11 aromatic carbocycles. The number of hydrogen-bond acceptors (Lipinski definition) is 6. The van der Waals surface area contributed by atoms with Crippen LogP contribution in [0.1, 0.15) is 109 Å². The van der Waals surface area contributed by atoms with E-state index in [1.54, 1.807) is 0 Å². The van der Waals surface area contributed by atoms with Gasteiger partial charge >= 0.3 is 0 Å². The summed E-state index contributed by atoms with van der Waals surface area (Å²) in [4.78, 5) is 12.6. The summed E-state index contributed by atoms with van der Waals surface area (Å²) in [5.41, 5.74) is 25.8. The van der Waals surface area contributed by atoms with Gasteiger partial charge < -0.3 is 24.3 Å². The Bertz CT molecular complexity index is 5090. The number of anilines is 6. The van der Waals surface area contributed by atoms with E-state index in [0.29, 0.717) is 5.92 Å². The molecule has 9 unspecified atom stereocenters. The maximum absolute atomic E-state index is 7.47. The van der Waals surface area contributed by atoms with E-state index in [9.17, 15) is 0 Å². The molecule has 0 bridgehead atoms. The smallest absolute Gasteiger partial charge is 0.228 e. The van der Waals surface area contributed by atoms with Crippen LogP contribution in [-0.4, -0.2) is 42.8 Å². The van der Waals surface area contributed by atoms with E-state index in [2.05, 4.69) is 382 Å². The second kappa shape index (κ2) is 27.0. The molecule has 0 aromatic heterocycles. The van der Waals surface area contributed by atoms with Crippen LogP contribution in [0.15, 0.2) is 331 Å². The maximum atomic E-state index is 7.47. The van der Waals surface area contributed by atoms with Crippen LogP contribution in [0.2, 0.25) is 17.5 Å². The lowest BCUT2D eigenvalue weighted by atomic mass is 9.22. The molecule has 522 valence electrons. The number of ether oxygens (including phenoxy) is 1. The molecular weight excluding hydrogens is 1300 g/mol. The first-order chi connectivity index (χ1) is 51.8. The van der Waals surface area contributed by atoms with Crippen LogP contribution in [0.25, 0.3) is 33.4 Å². The summed E-state index contributed by atoms with van der Waals surface area (Å²) in [6.07, 6.45) is 21.3. The van der Waals surface area contributed by atoms with Gasteiger partial charge in [0.1, 0.15) is 11.5 Å². The summed E-state index contributed by atoms with van der Waals surface area (Å²) in [6.45, 7) is 14.3. The molecule has 5 nitrogen and oxygen atoms in total. The molecule has 0 N–H and O–H groups in total. The third-order valence-corrected chi connectivity index (χ3v) is 26.2. The Morgan fingerprint density at radius 1 is 0.472 bits per heavy atom. The van der Waals surface area contributed by atoms with Gasteiger partial charge in [-0.1, -0.05) is 284 Å². The van der Waals surface area contributed by atoms with Crippen LogP contribution < -0.4 is 35.3 Å². The number of thioether (sulfide) groups is 1. The predicted molar refractivity (Wildman–Crippen MR) is 450 cm³/mol. The van der Waals surface area contributed by atoms with Crippen molar-refractivity contribution < 1.29 is 4.74 Å². The summed E-state index contributed by atoms with van der Waals surface area (Å²) in [6, 6.07) is 107. The number of rotatable bonds is 12. The molecule has 0 amide bonds. The fourth-order valence-electron chi connectivity index (χ4n) is 20.0. The van der Waals surface area contributed by atoms with Crippen molar-refractivity contribution in [2.75, 3.05) is 19.6 Å². The molecule has 11 aromatic rings. The molecule has 0 radical (unpaired) electrons. The summed E-state index contributed by atoms with van der Waals surface area (Å²) >= 11 is 2.09. The quantitative estimate of drug-likeness (QED) is 0.0892. The van der Waals surface area contributed by atoms with Gasteiger partial charge in [0.05, 0.1) is 11.7 Å². The number of allylic oxidation sites excluding steroid dienone is 3. The Kier molecular flexibility index (Phi) is 17.0. The molecular formula is C98H92B2N4OS. The van der Waals surface area contributed by atoms with Crippen molar-refractivity contribution in [1.29, 1.82) is 0 Å². The highest BCUT2D eigenvalue weighted by Gasteiger charge is 2.61. The number of fused-ring (bicyclic) bond motifs is 8. The Balaban J connectivity index is 0.856. The zero-order valence-corrected chi connectivity index (χ0v) is 62.7. The average molecular weight is 1400 g/mol. The van der Waals surface area contributed by atoms with E-state index in [1.807, 2.05) is 0 Å². The van der Waals surface area contributed by atoms with Crippen molar-refractivity contribution in [1.82, 2.24) is 0 Å². The minimum atomic E-state index is -0.0301. The van der Waals surface area contributed by atoms with Crippen molar-refractivity contribution in [2.24, 2.45) is 0 Å². The summed E-state index contributed by atoms with van der Waals surface area (Å²) in [5, 5.41) is 0.0645. The zero-order valence-electron chi connectivity index (χ0n) is 61.9. The van der Waals surface area contributed by atoms with Gasteiger partial charge in [-0.25, -0.2) is 0 Å². The van der Waals surface area contributed by atoms with Gasteiger partial charge in [-0.2, -0.15) is 0 Å². The van der Waals surface area contributed by atoms with Gasteiger partial charge in [0.15, 0.2) is 6.71 Å². The van der Waals surface area contributed by atoms with Gasteiger partial charge in [-0.05, 0) is 190 Å². The van der Waals surface area contributed by atoms with Crippen LogP contribution in [0.4, 0.5) is 34.1 Å². The number of para-hydroxylation sites is 5. The molecule has 4 aliphatic heterocycles. The zero-order chi connectivity index (χ0) is 71.4. The third-order valence-electron chi connectivity index (χ3n) is 24.9. The standard InChI is InChI=1S/C98H92B2N4OS/c1-97(2,3)71-52-46-68(47-53-71)80-40-27-41-81(69-48-54-72(55-49-69)98(4,5)6)96(80)104-87-64-92-85(63-84(87)99-82-42-22-24-44-86(82)103(75-37-20-11-21-38-75)88-59-78(60-89(104)94(88)99)101(73-33-16-9-17-34-73)74-35-18-10-19-36-74)100-83-43-23-25-45-90(83)105-91-61-79(62-93(106-92)95(91)100)102(76-56-50-67(51-57-76)65-28-12-7-13-29-65)77-39-26-32-70(58-77)66-30-14-8-15-31-66/h7-23,25,27-31,33-38,40-43,45-57,59,61-64,70,77-78,82,85-86,89,92,94H,24,26,32,39,44,58,60H2,1-6H3. The van der Waals surface area contributed by atoms with Gasteiger partial charge in [-0.3, -0.25) is 0 Å². The molecule has 9 atom stereocenters. The molecule has 4 heterocycles. The van der Waals surface area contributed by atoms with Gasteiger partial charge in [0, 0.05) is 91.1 Å². The first kappa shape index (κ1) is 66.5. The minimum Gasteiger partial charge on any atom is -0.458 e. The van der Waals surface area contributed by atoms with E-state index in [0.717, 1.165) is 50.0 Å². The molecule has 2 saturated heterocycles. The summed E-state index contributed by atoms with van der Waals surface area (Å²) in [7, 11) is 0. The normalized spacial score (nSPS) is 22.5. The lowest BCUT2D eigenvalue weighted by molar-refractivity contribution is 0.389. The third kappa shape index (κ3) is 11.8. The Labute approximate surface area is 633 Å². The van der Waals surface area contributed by atoms with Crippen molar-refractivity contribution >= 4 is 70.2 Å². The molecule has 8 heteroatoms. The largest absolute Gasteiger partial charge is 0.458 e. The topological polar surface area (TPSA) is 22.2 Å². The number of nitrogens with zero attached hydrogens (tertiary/aromatic N) is 4. The van der Waals surface area contributed by atoms with Crippen LogP contribution >= 0.6 is 11.8 Å². The fourth-order valence-corrected chi connectivity index (χ4v) is 21.5. The lowest BCUT2D eigenvalue weighted by Crippen LogP contribution is -2.65. The predicted octanol–water partition coefficient (Wildman–Crippen LogP) is 23.9. The van der Waals surface area contributed by atoms with E-state index in [1.165, 1.54) is 123 Å². The highest BCUT2D eigenvalue weighted by atomic mass is 32.2. The first-order valence-electron chi connectivity index (χ1n) is 39.2.